The third-order valence-corrected chi connectivity index (χ3v) is 3.99. The number of aromatic nitrogens is 1. The van der Waals surface area contributed by atoms with Gasteiger partial charge >= 0.3 is 0 Å². The van der Waals surface area contributed by atoms with Crippen LogP contribution in [0.2, 0.25) is 0 Å². The molecule has 1 aromatic heterocycles. The van der Waals surface area contributed by atoms with E-state index in [0.29, 0.717) is 10.6 Å². The maximum absolute atomic E-state index is 9.31. The Morgan fingerprint density at radius 2 is 2.11 bits per heavy atom. The fraction of sp³-hybridized carbons (Fsp3) is 0.0667. The second-order valence-corrected chi connectivity index (χ2v) is 5.24. The quantitative estimate of drug-likeness (QED) is 0.741. The van der Waals surface area contributed by atoms with E-state index in [1.807, 2.05) is 31.2 Å². The number of nitriles is 1. The Balaban J connectivity index is 2.56. The summed E-state index contributed by atoms with van der Waals surface area (Å²) in [6.07, 6.45) is 3.29. The van der Waals surface area contributed by atoms with Gasteiger partial charge in [-0.1, -0.05) is 39.7 Å². The lowest BCUT2D eigenvalue weighted by Crippen LogP contribution is -1.88. The molecular weight excluding hydrogens is 324 g/mol. The van der Waals surface area contributed by atoms with Crippen LogP contribution in [0.25, 0.3) is 10.6 Å². The Morgan fingerprint density at radius 3 is 2.68 bits per heavy atom. The molecule has 0 N–H and O–H groups in total. The normalized spacial score (nSPS) is 11.7. The molecule has 2 nitrogen and oxygen atoms in total. The van der Waals surface area contributed by atoms with Crippen LogP contribution in [0.15, 0.2) is 47.2 Å². The lowest BCUT2D eigenvalue weighted by molar-refractivity contribution is 1.31. The summed E-state index contributed by atoms with van der Waals surface area (Å²) in [5.41, 5.74) is 3.04. The van der Waals surface area contributed by atoms with E-state index in [2.05, 4.69) is 27.0 Å². The zero-order valence-corrected chi connectivity index (χ0v) is 12.5. The first kappa shape index (κ1) is 13.8. The number of aryl methyl sites for hydroxylation is 1. The summed E-state index contributed by atoms with van der Waals surface area (Å²) in [6.45, 7) is 1.98. The van der Waals surface area contributed by atoms with E-state index < -0.39 is 0 Å². The van der Waals surface area contributed by atoms with Crippen molar-refractivity contribution in [1.29, 1.82) is 5.26 Å². The Bertz CT molecular complexity index is 672. The Hall–Kier alpha value is -1.63. The van der Waals surface area contributed by atoms with Crippen LogP contribution in [-0.2, 0) is 0 Å². The van der Waals surface area contributed by atoms with Gasteiger partial charge < -0.3 is 0 Å². The van der Waals surface area contributed by atoms with Crippen molar-refractivity contribution in [1.82, 2.24) is 4.98 Å². The molecule has 0 unspecified atom stereocenters. The van der Waals surface area contributed by atoms with Gasteiger partial charge in [-0.15, -0.1) is 0 Å². The SMILES string of the molecule is Cc1cc(/C(Cl)=C(/C#N)c2cccnc2)ccc1Br. The predicted octanol–water partition coefficient (Wildman–Crippen LogP) is 4.78. The molecule has 0 aliphatic heterocycles. The molecule has 4 heteroatoms. The first-order valence-corrected chi connectivity index (χ1v) is 6.77. The lowest BCUT2D eigenvalue weighted by Gasteiger charge is -2.06. The third-order valence-electron chi connectivity index (χ3n) is 2.69. The Kier molecular flexibility index (Phi) is 4.36. The number of hydrogen-bond acceptors (Lipinski definition) is 2. The molecular formula is C15H10BrClN2. The lowest BCUT2D eigenvalue weighted by atomic mass is 10.0. The van der Waals surface area contributed by atoms with E-state index in [4.69, 9.17) is 11.6 Å². The van der Waals surface area contributed by atoms with Gasteiger partial charge in [-0.25, -0.2) is 0 Å². The first-order valence-electron chi connectivity index (χ1n) is 5.60. The van der Waals surface area contributed by atoms with Crippen molar-refractivity contribution >= 4 is 38.1 Å². The number of pyridine rings is 1. The minimum Gasteiger partial charge on any atom is -0.264 e. The van der Waals surface area contributed by atoms with Gasteiger partial charge in [0, 0.05) is 22.4 Å². The van der Waals surface area contributed by atoms with Gasteiger partial charge in [0.15, 0.2) is 0 Å². The highest BCUT2D eigenvalue weighted by molar-refractivity contribution is 9.10. The Morgan fingerprint density at radius 1 is 1.32 bits per heavy atom. The van der Waals surface area contributed by atoms with Gasteiger partial charge in [-0.2, -0.15) is 5.26 Å². The van der Waals surface area contributed by atoms with Crippen LogP contribution in [0.4, 0.5) is 0 Å². The van der Waals surface area contributed by atoms with E-state index in [0.717, 1.165) is 21.2 Å². The average molecular weight is 334 g/mol. The topological polar surface area (TPSA) is 36.7 Å². The Labute approximate surface area is 125 Å². The number of nitrogens with zero attached hydrogens (tertiary/aromatic N) is 2. The molecule has 0 saturated heterocycles. The molecule has 1 aromatic carbocycles. The molecule has 0 radical (unpaired) electrons. The van der Waals surface area contributed by atoms with Crippen LogP contribution >= 0.6 is 27.5 Å². The van der Waals surface area contributed by atoms with Crippen LogP contribution in [-0.4, -0.2) is 4.98 Å². The van der Waals surface area contributed by atoms with Crippen molar-refractivity contribution in [2.75, 3.05) is 0 Å². The molecule has 0 bridgehead atoms. The van der Waals surface area contributed by atoms with E-state index in [-0.39, 0.29) is 0 Å². The molecule has 0 amide bonds. The first-order chi connectivity index (χ1) is 9.13. The number of allylic oxidation sites excluding steroid dienone is 1. The molecule has 2 aromatic rings. The van der Waals surface area contributed by atoms with Crippen LogP contribution < -0.4 is 0 Å². The number of hydrogen-bond donors (Lipinski definition) is 0. The van der Waals surface area contributed by atoms with Gasteiger partial charge in [-0.05, 0) is 36.2 Å². The monoisotopic (exact) mass is 332 g/mol. The number of benzene rings is 1. The summed E-state index contributed by atoms with van der Waals surface area (Å²) in [4.78, 5) is 4.01. The molecule has 19 heavy (non-hydrogen) atoms. The molecule has 1 heterocycles. The van der Waals surface area contributed by atoms with Gasteiger partial charge in [0.2, 0.25) is 0 Å². The molecule has 0 spiro atoms. The molecule has 0 aliphatic rings. The highest BCUT2D eigenvalue weighted by Crippen LogP contribution is 2.30. The minimum absolute atomic E-state index is 0.427. The molecule has 0 saturated carbocycles. The van der Waals surface area contributed by atoms with Gasteiger partial charge in [-0.3, -0.25) is 4.98 Å². The number of rotatable bonds is 2. The highest BCUT2D eigenvalue weighted by Gasteiger charge is 2.10. The zero-order valence-electron chi connectivity index (χ0n) is 10.2. The van der Waals surface area contributed by atoms with E-state index >= 15 is 0 Å². The van der Waals surface area contributed by atoms with E-state index in [1.165, 1.54) is 0 Å². The fourth-order valence-electron chi connectivity index (χ4n) is 1.68. The molecule has 94 valence electrons. The van der Waals surface area contributed by atoms with E-state index in [9.17, 15) is 5.26 Å². The van der Waals surface area contributed by atoms with Crippen LogP contribution in [0, 0.1) is 18.3 Å². The van der Waals surface area contributed by atoms with Crippen molar-refractivity contribution in [3.63, 3.8) is 0 Å². The van der Waals surface area contributed by atoms with Crippen molar-refractivity contribution in [3.05, 3.63) is 63.9 Å². The summed E-state index contributed by atoms with van der Waals surface area (Å²) < 4.78 is 1.01. The summed E-state index contributed by atoms with van der Waals surface area (Å²) in [6, 6.07) is 11.5. The van der Waals surface area contributed by atoms with Crippen LogP contribution in [0.5, 0.6) is 0 Å². The largest absolute Gasteiger partial charge is 0.264 e. The molecule has 0 aliphatic carbocycles. The third kappa shape index (κ3) is 3.04. The minimum atomic E-state index is 0.427. The zero-order chi connectivity index (χ0) is 13.8. The molecule has 0 atom stereocenters. The summed E-state index contributed by atoms with van der Waals surface area (Å²) >= 11 is 9.79. The predicted molar refractivity (Wildman–Crippen MR) is 81.4 cm³/mol. The number of halogens is 2. The van der Waals surface area contributed by atoms with Crippen LogP contribution in [0.1, 0.15) is 16.7 Å². The van der Waals surface area contributed by atoms with Gasteiger partial charge in [0.25, 0.3) is 0 Å². The maximum Gasteiger partial charge on any atom is 0.101 e. The van der Waals surface area contributed by atoms with Gasteiger partial charge in [0.1, 0.15) is 6.07 Å². The second-order valence-electron chi connectivity index (χ2n) is 4.01. The standard InChI is InChI=1S/C15H10BrClN2/c1-10-7-11(4-5-14(10)16)15(17)13(8-18)12-3-2-6-19-9-12/h2-7,9H,1H3/b15-13+. The smallest absolute Gasteiger partial charge is 0.101 e. The van der Waals surface area contributed by atoms with Crippen molar-refractivity contribution in [2.45, 2.75) is 6.92 Å². The van der Waals surface area contributed by atoms with Crippen LogP contribution in [0.3, 0.4) is 0 Å². The summed E-state index contributed by atoms with van der Waals surface area (Å²) in [5, 5.41) is 9.74. The molecule has 0 fully saturated rings. The average Bonchev–Trinajstić information content (AvgIpc) is 2.44. The second kappa shape index (κ2) is 6.01. The van der Waals surface area contributed by atoms with E-state index in [1.54, 1.807) is 18.5 Å². The van der Waals surface area contributed by atoms with Crippen molar-refractivity contribution in [3.8, 4) is 6.07 Å². The molecule has 2 rings (SSSR count). The summed E-state index contributed by atoms with van der Waals surface area (Å²) in [5.74, 6) is 0. The van der Waals surface area contributed by atoms with Gasteiger partial charge in [0.05, 0.1) is 10.6 Å². The fourth-order valence-corrected chi connectivity index (χ4v) is 2.19. The van der Waals surface area contributed by atoms with Crippen molar-refractivity contribution < 1.29 is 0 Å². The summed E-state index contributed by atoms with van der Waals surface area (Å²) in [7, 11) is 0. The van der Waals surface area contributed by atoms with Crippen molar-refractivity contribution in [2.24, 2.45) is 0 Å². The highest BCUT2D eigenvalue weighted by atomic mass is 79.9. The maximum atomic E-state index is 9.31.